The van der Waals surface area contributed by atoms with Gasteiger partial charge in [0.25, 0.3) is 0 Å². The average Bonchev–Trinajstić information content (AvgIpc) is 2.82. The van der Waals surface area contributed by atoms with E-state index in [1.807, 2.05) is 6.92 Å². The van der Waals surface area contributed by atoms with E-state index in [4.69, 9.17) is 15.2 Å². The molecule has 4 nitrogen and oxygen atoms in total. The number of carbonyl (C=O) groups excluding carboxylic acids is 1. The van der Waals surface area contributed by atoms with Crippen molar-refractivity contribution in [2.24, 2.45) is 5.92 Å². The summed E-state index contributed by atoms with van der Waals surface area (Å²) in [5, 5.41) is 0. The van der Waals surface area contributed by atoms with Gasteiger partial charge in [-0.3, -0.25) is 0 Å². The number of anilines is 1. The fourth-order valence-corrected chi connectivity index (χ4v) is 1.86. The zero-order valence-corrected chi connectivity index (χ0v) is 9.94. The molecule has 0 saturated carbocycles. The van der Waals surface area contributed by atoms with E-state index in [1.165, 1.54) is 0 Å². The molecule has 1 aromatic carbocycles. The zero-order chi connectivity index (χ0) is 12.3. The minimum atomic E-state index is -0.304. The number of hydrogen-bond donors (Lipinski definition) is 1. The maximum Gasteiger partial charge on any atom is 0.338 e. The highest BCUT2D eigenvalue weighted by molar-refractivity contribution is 5.92. The third-order valence-electron chi connectivity index (χ3n) is 3.07. The van der Waals surface area contributed by atoms with Crippen LogP contribution in [0.4, 0.5) is 5.69 Å². The molecule has 92 valence electrons. The van der Waals surface area contributed by atoms with E-state index >= 15 is 0 Å². The molecule has 1 heterocycles. The minimum absolute atomic E-state index is 0.304. The molecule has 0 amide bonds. The molecule has 1 unspecified atom stereocenters. The monoisotopic (exact) mass is 235 g/mol. The first kappa shape index (κ1) is 11.9. The second-order valence-corrected chi connectivity index (χ2v) is 4.35. The summed E-state index contributed by atoms with van der Waals surface area (Å²) in [4.78, 5) is 11.9. The van der Waals surface area contributed by atoms with Gasteiger partial charge in [0.1, 0.15) is 0 Å². The van der Waals surface area contributed by atoms with E-state index in [1.54, 1.807) is 18.2 Å². The van der Waals surface area contributed by atoms with E-state index in [9.17, 15) is 4.79 Å². The van der Waals surface area contributed by atoms with Gasteiger partial charge in [-0.25, -0.2) is 4.79 Å². The van der Waals surface area contributed by atoms with Crippen molar-refractivity contribution in [3.63, 3.8) is 0 Å². The van der Waals surface area contributed by atoms with Gasteiger partial charge in [-0.1, -0.05) is 6.07 Å². The van der Waals surface area contributed by atoms with Gasteiger partial charge in [0.15, 0.2) is 0 Å². The third-order valence-corrected chi connectivity index (χ3v) is 3.07. The van der Waals surface area contributed by atoms with Crippen LogP contribution in [0.3, 0.4) is 0 Å². The predicted molar refractivity (Wildman–Crippen MR) is 64.8 cm³/mol. The largest absolute Gasteiger partial charge is 0.462 e. The van der Waals surface area contributed by atoms with Crippen LogP contribution < -0.4 is 5.73 Å². The molecule has 1 saturated heterocycles. The molecule has 1 aromatic rings. The topological polar surface area (TPSA) is 61.6 Å². The highest BCUT2D eigenvalue weighted by Gasteiger charge is 2.19. The number of hydrogen-bond acceptors (Lipinski definition) is 4. The van der Waals surface area contributed by atoms with Gasteiger partial charge >= 0.3 is 5.97 Å². The van der Waals surface area contributed by atoms with E-state index in [2.05, 4.69) is 0 Å². The van der Waals surface area contributed by atoms with Gasteiger partial charge in [0.2, 0.25) is 0 Å². The van der Waals surface area contributed by atoms with Gasteiger partial charge in [-0.2, -0.15) is 0 Å². The fraction of sp³-hybridized carbons (Fsp3) is 0.462. The summed E-state index contributed by atoms with van der Waals surface area (Å²) >= 11 is 0. The number of esters is 1. The highest BCUT2D eigenvalue weighted by Crippen LogP contribution is 2.18. The Labute approximate surface area is 101 Å². The summed E-state index contributed by atoms with van der Waals surface area (Å²) in [5.74, 6) is 0.0296. The second-order valence-electron chi connectivity index (χ2n) is 4.35. The van der Waals surface area contributed by atoms with E-state index < -0.39 is 0 Å². The predicted octanol–water partition coefficient (Wildman–Crippen LogP) is 1.77. The second kappa shape index (κ2) is 5.19. The van der Waals surface area contributed by atoms with Gasteiger partial charge in [-0.15, -0.1) is 0 Å². The Morgan fingerprint density at radius 1 is 1.59 bits per heavy atom. The Kier molecular flexibility index (Phi) is 3.64. The number of ether oxygens (including phenoxy) is 2. The van der Waals surface area contributed by atoms with Crippen LogP contribution in [0.2, 0.25) is 0 Å². The van der Waals surface area contributed by atoms with Crippen LogP contribution >= 0.6 is 0 Å². The van der Waals surface area contributed by atoms with Crippen molar-refractivity contribution in [1.29, 1.82) is 0 Å². The first-order valence-corrected chi connectivity index (χ1v) is 5.78. The standard InChI is InChI=1S/C13H17NO3/c1-9-11(3-2-4-12(9)14)13(15)17-8-10-5-6-16-7-10/h2-4,10H,5-8,14H2,1H3. The normalized spacial score (nSPS) is 19.2. The van der Waals surface area contributed by atoms with Crippen LogP contribution in [-0.4, -0.2) is 25.8 Å². The molecular formula is C13H17NO3. The lowest BCUT2D eigenvalue weighted by atomic mass is 10.1. The molecule has 17 heavy (non-hydrogen) atoms. The van der Waals surface area contributed by atoms with Crippen LogP contribution in [-0.2, 0) is 9.47 Å². The van der Waals surface area contributed by atoms with Crippen molar-refractivity contribution in [2.45, 2.75) is 13.3 Å². The lowest BCUT2D eigenvalue weighted by molar-refractivity contribution is 0.0427. The maximum absolute atomic E-state index is 11.9. The van der Waals surface area contributed by atoms with Gasteiger partial charge in [0, 0.05) is 18.2 Å². The quantitative estimate of drug-likeness (QED) is 0.640. The van der Waals surface area contributed by atoms with Crippen molar-refractivity contribution in [1.82, 2.24) is 0 Å². The van der Waals surface area contributed by atoms with Gasteiger partial charge in [0.05, 0.1) is 18.8 Å². The van der Waals surface area contributed by atoms with Crippen molar-refractivity contribution < 1.29 is 14.3 Å². The Bertz CT molecular complexity index is 411. The van der Waals surface area contributed by atoms with Crippen LogP contribution in [0.5, 0.6) is 0 Å². The van der Waals surface area contributed by atoms with E-state index in [-0.39, 0.29) is 5.97 Å². The number of carbonyl (C=O) groups is 1. The summed E-state index contributed by atoms with van der Waals surface area (Å²) in [7, 11) is 0. The maximum atomic E-state index is 11.9. The Hall–Kier alpha value is -1.55. The van der Waals surface area contributed by atoms with Crippen LogP contribution in [0.15, 0.2) is 18.2 Å². The van der Waals surface area contributed by atoms with Gasteiger partial charge in [-0.05, 0) is 31.0 Å². The lowest BCUT2D eigenvalue weighted by Crippen LogP contribution is -2.15. The van der Waals surface area contributed by atoms with Gasteiger partial charge < -0.3 is 15.2 Å². The van der Waals surface area contributed by atoms with Crippen LogP contribution in [0.1, 0.15) is 22.3 Å². The molecule has 2 N–H and O–H groups in total. The molecule has 0 aromatic heterocycles. The molecule has 1 atom stereocenters. The molecule has 0 spiro atoms. The smallest absolute Gasteiger partial charge is 0.338 e. The Morgan fingerprint density at radius 2 is 2.41 bits per heavy atom. The molecule has 0 bridgehead atoms. The lowest BCUT2D eigenvalue weighted by Gasteiger charge is -2.11. The molecule has 4 heteroatoms. The molecule has 0 aliphatic carbocycles. The number of rotatable bonds is 3. The number of benzene rings is 1. The summed E-state index contributed by atoms with van der Waals surface area (Å²) in [6.45, 7) is 3.69. The number of nitrogens with two attached hydrogens (primary N) is 1. The van der Waals surface area contributed by atoms with E-state index in [0.717, 1.165) is 18.6 Å². The SMILES string of the molecule is Cc1c(N)cccc1C(=O)OCC1CCOC1. The average molecular weight is 235 g/mol. The Morgan fingerprint density at radius 3 is 3.12 bits per heavy atom. The Balaban J connectivity index is 1.97. The van der Waals surface area contributed by atoms with Crippen molar-refractivity contribution in [3.8, 4) is 0 Å². The third kappa shape index (κ3) is 2.77. The van der Waals surface area contributed by atoms with Crippen molar-refractivity contribution in [3.05, 3.63) is 29.3 Å². The molecule has 2 rings (SSSR count). The summed E-state index contributed by atoms with van der Waals surface area (Å²) in [5.41, 5.74) is 7.69. The van der Waals surface area contributed by atoms with Crippen LogP contribution in [0, 0.1) is 12.8 Å². The van der Waals surface area contributed by atoms with Crippen molar-refractivity contribution in [2.75, 3.05) is 25.6 Å². The summed E-state index contributed by atoms with van der Waals surface area (Å²) < 4.78 is 10.5. The molecule has 1 aliphatic heterocycles. The minimum Gasteiger partial charge on any atom is -0.462 e. The first-order chi connectivity index (χ1) is 8.18. The zero-order valence-electron chi connectivity index (χ0n) is 9.94. The first-order valence-electron chi connectivity index (χ1n) is 5.78. The summed E-state index contributed by atoms with van der Waals surface area (Å²) in [6.07, 6.45) is 0.961. The molecule has 1 aliphatic rings. The van der Waals surface area contributed by atoms with Crippen LogP contribution in [0.25, 0.3) is 0 Å². The molecule has 0 radical (unpaired) electrons. The molecular weight excluding hydrogens is 218 g/mol. The highest BCUT2D eigenvalue weighted by atomic mass is 16.5. The van der Waals surface area contributed by atoms with E-state index in [0.29, 0.717) is 30.4 Å². The number of nitrogen functional groups attached to an aromatic ring is 1. The molecule has 1 fully saturated rings. The fourth-order valence-electron chi connectivity index (χ4n) is 1.86. The van der Waals surface area contributed by atoms with Crippen molar-refractivity contribution >= 4 is 11.7 Å². The summed E-state index contributed by atoms with van der Waals surface area (Å²) in [6, 6.07) is 5.27.